The zero-order valence-corrected chi connectivity index (χ0v) is 30.7. The molecule has 0 unspecified atom stereocenters. The Bertz CT molecular complexity index is 2010. The van der Waals surface area contributed by atoms with Crippen LogP contribution in [0, 0.1) is 13.8 Å². The second kappa shape index (κ2) is 13.7. The van der Waals surface area contributed by atoms with E-state index in [0.29, 0.717) is 71.5 Å². The Morgan fingerprint density at radius 2 is 1.78 bits per heavy atom. The lowest BCUT2D eigenvalue weighted by Gasteiger charge is -2.40. The summed E-state index contributed by atoms with van der Waals surface area (Å²) in [5, 5.41) is 12.7. The molecule has 0 spiro atoms. The van der Waals surface area contributed by atoms with Gasteiger partial charge in [-0.25, -0.2) is 9.78 Å². The second-order valence-corrected chi connectivity index (χ2v) is 15.4. The van der Waals surface area contributed by atoms with Crippen LogP contribution in [0.15, 0.2) is 53.6 Å². The van der Waals surface area contributed by atoms with Crippen molar-refractivity contribution in [2.24, 2.45) is 0 Å². The molecule has 4 heterocycles. The first-order valence-corrected chi connectivity index (χ1v) is 17.6. The Morgan fingerprint density at radius 1 is 1.06 bits per heavy atom. The van der Waals surface area contributed by atoms with Crippen molar-refractivity contribution < 1.29 is 24.2 Å². The number of rotatable bonds is 5. The molecule has 0 saturated carbocycles. The third-order valence-electron chi connectivity index (χ3n) is 9.47. The lowest BCUT2D eigenvalue weighted by Crippen LogP contribution is -2.49. The standard InChI is InChI=1S/C37H43Cl2N5O6/c1-22-15-25(38)7-9-28(22)33(45)41-13-11-37(48,12-14-41)20-42-21-40-32-29(34(42)46)17-31(39)44(32)26-8-10-27(23(2)16-26)30-19-49-24(3)18-43(30)35(47)50-36(4,5)6/h7-10,15-17,21,24,30,48H,11-14,18-20H2,1-6H3/t24-,30-/m1/s1. The fraction of sp³-hybridized carbons (Fsp3) is 0.459. The average molecular weight is 725 g/mol. The number of fused-ring (bicyclic) bond motifs is 1. The summed E-state index contributed by atoms with van der Waals surface area (Å²) in [7, 11) is 0. The number of amides is 2. The van der Waals surface area contributed by atoms with E-state index in [0.717, 1.165) is 16.7 Å². The molecule has 2 saturated heterocycles. The average Bonchev–Trinajstić information content (AvgIpc) is 3.38. The molecule has 2 aromatic carbocycles. The molecule has 0 radical (unpaired) electrons. The van der Waals surface area contributed by atoms with Crippen molar-refractivity contribution in [1.82, 2.24) is 23.9 Å². The summed E-state index contributed by atoms with van der Waals surface area (Å²) in [6.07, 6.45) is 1.53. The molecule has 0 aliphatic carbocycles. The highest BCUT2D eigenvalue weighted by molar-refractivity contribution is 6.31. The Morgan fingerprint density at radius 3 is 2.44 bits per heavy atom. The van der Waals surface area contributed by atoms with Gasteiger partial charge in [-0.15, -0.1) is 0 Å². The third-order valence-corrected chi connectivity index (χ3v) is 9.99. The van der Waals surface area contributed by atoms with E-state index in [4.69, 9.17) is 32.7 Å². The maximum Gasteiger partial charge on any atom is 0.410 e. The molecule has 1 N–H and O–H groups in total. The summed E-state index contributed by atoms with van der Waals surface area (Å²) in [6.45, 7) is 12.7. The predicted molar refractivity (Wildman–Crippen MR) is 192 cm³/mol. The van der Waals surface area contributed by atoms with Gasteiger partial charge in [0.15, 0.2) is 5.65 Å². The van der Waals surface area contributed by atoms with Gasteiger partial charge >= 0.3 is 6.09 Å². The van der Waals surface area contributed by atoms with Crippen molar-refractivity contribution in [3.05, 3.63) is 91.6 Å². The zero-order chi connectivity index (χ0) is 36.1. The van der Waals surface area contributed by atoms with Gasteiger partial charge in [-0.3, -0.25) is 23.6 Å². The number of likely N-dealkylation sites (tertiary alicyclic amines) is 1. The second-order valence-electron chi connectivity index (χ2n) is 14.5. The van der Waals surface area contributed by atoms with Crippen molar-refractivity contribution in [1.29, 1.82) is 0 Å². The fourth-order valence-corrected chi connectivity index (χ4v) is 7.35. The molecule has 2 atom stereocenters. The van der Waals surface area contributed by atoms with Crippen molar-refractivity contribution >= 4 is 46.2 Å². The van der Waals surface area contributed by atoms with Crippen LogP contribution in [0.1, 0.15) is 73.6 Å². The minimum Gasteiger partial charge on any atom is -0.444 e. The molecule has 2 aromatic heterocycles. The molecule has 2 aliphatic heterocycles. The van der Waals surface area contributed by atoms with Crippen LogP contribution in [0.4, 0.5) is 4.79 Å². The van der Waals surface area contributed by atoms with Gasteiger partial charge in [-0.05, 0) is 107 Å². The maximum absolute atomic E-state index is 13.7. The number of hydrogen-bond acceptors (Lipinski definition) is 7. The van der Waals surface area contributed by atoms with Crippen molar-refractivity contribution in [2.45, 2.75) is 84.3 Å². The van der Waals surface area contributed by atoms with E-state index in [1.54, 1.807) is 38.6 Å². The fourth-order valence-electron chi connectivity index (χ4n) is 6.84. The molecule has 50 heavy (non-hydrogen) atoms. The number of benzene rings is 2. The summed E-state index contributed by atoms with van der Waals surface area (Å²) in [5.41, 5.74) is 2.14. The van der Waals surface area contributed by atoms with Crippen LogP contribution in [0.5, 0.6) is 0 Å². The first kappa shape index (κ1) is 35.9. The molecule has 2 aliphatic rings. The summed E-state index contributed by atoms with van der Waals surface area (Å²) in [6, 6.07) is 12.2. The van der Waals surface area contributed by atoms with Gasteiger partial charge in [0.25, 0.3) is 11.5 Å². The highest BCUT2D eigenvalue weighted by Gasteiger charge is 2.37. The van der Waals surface area contributed by atoms with Crippen molar-refractivity contribution in [3.63, 3.8) is 0 Å². The number of aliphatic hydroxyl groups is 1. The monoisotopic (exact) mass is 723 g/mol. The van der Waals surface area contributed by atoms with E-state index < -0.39 is 17.3 Å². The molecular formula is C37H43Cl2N5O6. The molecule has 266 valence electrons. The van der Waals surface area contributed by atoms with E-state index in [1.807, 2.05) is 59.7 Å². The predicted octanol–water partition coefficient (Wildman–Crippen LogP) is 6.48. The first-order valence-electron chi connectivity index (χ1n) is 16.8. The molecule has 13 heteroatoms. The summed E-state index contributed by atoms with van der Waals surface area (Å²) in [5.74, 6) is -0.109. The number of hydrogen-bond donors (Lipinski definition) is 1. The summed E-state index contributed by atoms with van der Waals surface area (Å²) >= 11 is 12.8. The molecule has 2 amide bonds. The number of morpholine rings is 1. The lowest BCUT2D eigenvalue weighted by atomic mass is 9.90. The van der Waals surface area contributed by atoms with Crippen molar-refractivity contribution in [2.75, 3.05) is 26.2 Å². The maximum atomic E-state index is 13.7. The number of halogens is 2. The van der Waals surface area contributed by atoms with E-state index >= 15 is 0 Å². The molecule has 11 nitrogen and oxygen atoms in total. The number of ether oxygens (including phenoxy) is 2. The van der Waals surface area contributed by atoms with E-state index in [2.05, 4.69) is 4.98 Å². The van der Waals surface area contributed by atoms with Gasteiger partial charge in [-0.2, -0.15) is 0 Å². The molecular weight excluding hydrogens is 681 g/mol. The molecule has 0 bridgehead atoms. The highest BCUT2D eigenvalue weighted by atomic mass is 35.5. The van der Waals surface area contributed by atoms with Gasteiger partial charge in [-0.1, -0.05) is 29.3 Å². The number of carbonyl (C=O) groups is 2. The van der Waals surface area contributed by atoms with Crippen molar-refractivity contribution in [3.8, 4) is 5.69 Å². The van der Waals surface area contributed by atoms with Crippen LogP contribution in [-0.2, 0) is 16.0 Å². The Balaban J connectivity index is 1.21. The Kier molecular flexibility index (Phi) is 9.82. The normalized spacial score (nSPS) is 19.5. The minimum atomic E-state index is -1.20. The van der Waals surface area contributed by atoms with Crippen LogP contribution in [0.3, 0.4) is 0 Å². The Labute approximate surface area is 301 Å². The number of nitrogens with zero attached hydrogens (tertiary/aromatic N) is 5. The van der Waals surface area contributed by atoms with E-state index in [1.165, 1.54) is 10.9 Å². The largest absolute Gasteiger partial charge is 0.444 e. The summed E-state index contributed by atoms with van der Waals surface area (Å²) in [4.78, 5) is 48.1. The van der Waals surface area contributed by atoms with E-state index in [9.17, 15) is 19.5 Å². The number of carbonyl (C=O) groups excluding carboxylic acids is 2. The van der Waals surface area contributed by atoms with Gasteiger partial charge in [0.1, 0.15) is 17.1 Å². The number of piperidine rings is 1. The van der Waals surface area contributed by atoms with E-state index in [-0.39, 0.29) is 30.2 Å². The first-order chi connectivity index (χ1) is 23.5. The van der Waals surface area contributed by atoms with Crippen LogP contribution in [0.2, 0.25) is 10.2 Å². The molecule has 4 aromatic rings. The highest BCUT2D eigenvalue weighted by Crippen LogP contribution is 2.33. The summed E-state index contributed by atoms with van der Waals surface area (Å²) < 4.78 is 14.8. The number of aryl methyl sites for hydroxylation is 2. The van der Waals surface area contributed by atoms with Crippen LogP contribution in [-0.4, -0.2) is 84.6 Å². The molecule has 6 rings (SSSR count). The van der Waals surface area contributed by atoms with Gasteiger partial charge in [0, 0.05) is 29.4 Å². The quantitative estimate of drug-likeness (QED) is 0.251. The number of aromatic nitrogens is 3. The van der Waals surface area contributed by atoms with Gasteiger partial charge < -0.3 is 19.5 Å². The van der Waals surface area contributed by atoms with Gasteiger partial charge in [0.2, 0.25) is 0 Å². The van der Waals surface area contributed by atoms with Crippen LogP contribution in [0.25, 0.3) is 16.7 Å². The van der Waals surface area contributed by atoms with Crippen LogP contribution >= 0.6 is 23.2 Å². The van der Waals surface area contributed by atoms with Crippen LogP contribution < -0.4 is 5.56 Å². The molecule has 2 fully saturated rings. The third kappa shape index (κ3) is 7.28. The lowest BCUT2D eigenvalue weighted by molar-refractivity contribution is -0.0645. The Hall–Kier alpha value is -3.90. The smallest absolute Gasteiger partial charge is 0.410 e. The minimum absolute atomic E-state index is 0.0314. The topological polar surface area (TPSA) is 119 Å². The zero-order valence-electron chi connectivity index (χ0n) is 29.2. The SMILES string of the molecule is Cc1cc(Cl)ccc1C(=O)N1CCC(O)(Cn2cnc3c(cc(Cl)n3-c3ccc([C@H]4CO[C@H](C)CN4C(=O)OC(C)(C)C)c(C)c3)c2=O)CC1. The van der Waals surface area contributed by atoms with Gasteiger partial charge in [0.05, 0.1) is 42.8 Å².